The van der Waals surface area contributed by atoms with E-state index in [1.165, 1.54) is 0 Å². The quantitative estimate of drug-likeness (QED) is 0.273. The van der Waals surface area contributed by atoms with E-state index in [2.05, 4.69) is 93.1 Å². The summed E-state index contributed by atoms with van der Waals surface area (Å²) in [7, 11) is 0. The molecule has 0 aromatic heterocycles. The lowest BCUT2D eigenvalue weighted by atomic mass is 10.1. The predicted molar refractivity (Wildman–Crippen MR) is 150 cm³/mol. The fourth-order valence-corrected chi connectivity index (χ4v) is 3.86. The molecule has 0 unspecified atom stereocenters. The Hall–Kier alpha value is -3.14. The maximum atomic E-state index is 3.67. The molecule has 0 aliphatic carbocycles. The van der Waals surface area contributed by atoms with Gasteiger partial charge in [0.15, 0.2) is 0 Å². The Morgan fingerprint density at radius 1 is 0.500 bits per heavy atom. The summed E-state index contributed by atoms with van der Waals surface area (Å²) in [4.78, 5) is 0. The minimum absolute atomic E-state index is 0.887. The highest BCUT2D eigenvalue weighted by Gasteiger charge is 2.04. The third-order valence-electron chi connectivity index (χ3n) is 4.77. The van der Waals surface area contributed by atoms with E-state index in [-0.39, 0.29) is 0 Å². The first kappa shape index (κ1) is 25.5. The number of benzene rings is 3. The van der Waals surface area contributed by atoms with Gasteiger partial charge in [-0.05, 0) is 81.1 Å². The first-order valence-corrected chi connectivity index (χ1v) is 12.9. The number of halogens is 2. The number of rotatable bonds is 2. The molecule has 3 aromatic carbocycles. The molecule has 0 atom stereocenters. The maximum absolute atomic E-state index is 3.67. The second-order valence-electron chi connectivity index (χ2n) is 7.51. The van der Waals surface area contributed by atoms with Crippen molar-refractivity contribution in [3.05, 3.63) is 103 Å². The third kappa shape index (κ3) is 7.44. The van der Waals surface area contributed by atoms with E-state index in [1.807, 2.05) is 60.7 Å². The number of hydrogen-bond donors (Lipinski definition) is 0. The molecule has 3 aromatic rings. The Kier molecular flexibility index (Phi) is 10.1. The Bertz CT molecular complexity index is 1300. The highest BCUT2D eigenvalue weighted by molar-refractivity contribution is 9.11. The van der Waals surface area contributed by atoms with Crippen LogP contribution in [0.15, 0.2) is 69.6 Å². The van der Waals surface area contributed by atoms with Crippen LogP contribution in [0.3, 0.4) is 0 Å². The molecule has 2 heteroatoms. The fraction of sp³-hybridized carbons (Fsp3) is 0.188. The van der Waals surface area contributed by atoms with Crippen LogP contribution in [0, 0.1) is 47.4 Å². The van der Waals surface area contributed by atoms with Crippen LogP contribution in [0.5, 0.6) is 0 Å². The lowest BCUT2D eigenvalue weighted by molar-refractivity contribution is 0.983. The van der Waals surface area contributed by atoms with Gasteiger partial charge in [0.2, 0.25) is 0 Å². The second-order valence-corrected chi connectivity index (χ2v) is 9.22. The van der Waals surface area contributed by atoms with Gasteiger partial charge in [-0.25, -0.2) is 0 Å². The zero-order chi connectivity index (χ0) is 24.2. The molecule has 166 valence electrons. The van der Waals surface area contributed by atoms with Gasteiger partial charge < -0.3 is 0 Å². The fourth-order valence-electron chi connectivity index (χ4n) is 2.98. The summed E-state index contributed by atoms with van der Waals surface area (Å²) >= 11 is 7.33. The van der Waals surface area contributed by atoms with E-state index in [9.17, 15) is 0 Å². The van der Waals surface area contributed by atoms with Gasteiger partial charge in [0.05, 0.1) is 0 Å². The van der Waals surface area contributed by atoms with Crippen molar-refractivity contribution in [3.63, 3.8) is 0 Å². The van der Waals surface area contributed by atoms with Crippen molar-refractivity contribution in [2.75, 3.05) is 0 Å². The molecule has 0 heterocycles. The summed E-state index contributed by atoms with van der Waals surface area (Å²) < 4.78 is 1.80. The maximum Gasteiger partial charge on any atom is 0.0405 e. The minimum atomic E-state index is 0.887. The van der Waals surface area contributed by atoms with E-state index in [4.69, 9.17) is 0 Å². The predicted octanol–water partition coefficient (Wildman–Crippen LogP) is 8.31. The van der Waals surface area contributed by atoms with Gasteiger partial charge in [-0.3, -0.25) is 0 Å². The summed E-state index contributed by atoms with van der Waals surface area (Å²) in [5.74, 6) is 26.0. The smallest absolute Gasteiger partial charge is 0.0405 e. The van der Waals surface area contributed by atoms with Gasteiger partial charge in [-0.15, -0.1) is 0 Å². The Morgan fingerprint density at radius 2 is 0.824 bits per heavy atom. The molecule has 0 N–H and O–H groups in total. The van der Waals surface area contributed by atoms with E-state index in [0.717, 1.165) is 68.0 Å². The van der Waals surface area contributed by atoms with Crippen LogP contribution in [0.1, 0.15) is 72.9 Å². The largest absolute Gasteiger partial charge is 0.0979 e. The van der Waals surface area contributed by atoms with Crippen molar-refractivity contribution in [3.8, 4) is 47.4 Å². The molecule has 0 nitrogen and oxygen atoms in total. The minimum Gasteiger partial charge on any atom is -0.0979 e. The molecule has 0 radical (unpaired) electrons. The Balaban J connectivity index is 1.89. The summed E-state index contributed by atoms with van der Waals surface area (Å²) in [6.07, 6.45) is 3.88. The van der Waals surface area contributed by atoms with Crippen molar-refractivity contribution >= 4 is 31.9 Å². The molecule has 0 bridgehead atoms. The van der Waals surface area contributed by atoms with Gasteiger partial charge in [-0.2, -0.15) is 0 Å². The Labute approximate surface area is 220 Å². The molecule has 34 heavy (non-hydrogen) atoms. The zero-order valence-electron chi connectivity index (χ0n) is 19.4. The second kappa shape index (κ2) is 13.5. The highest BCUT2D eigenvalue weighted by atomic mass is 79.9. The van der Waals surface area contributed by atoms with Crippen LogP contribution in [-0.4, -0.2) is 0 Å². The van der Waals surface area contributed by atoms with Crippen LogP contribution >= 0.6 is 31.9 Å². The van der Waals surface area contributed by atoms with Crippen LogP contribution in [-0.2, 0) is 0 Å². The standard InChI is InChI=1S/C32H24Br2/c1-3-5-7-13-25-15-9-11-17-27(25)19-21-29-23-32(34)30(24-31(29)33)22-20-28-18-12-10-16-26(28)14-8-6-4-2/h9-12,15-18,23-24H,3-6H2,1-2H3. The monoisotopic (exact) mass is 566 g/mol. The van der Waals surface area contributed by atoms with E-state index in [1.54, 1.807) is 0 Å². The van der Waals surface area contributed by atoms with E-state index >= 15 is 0 Å². The van der Waals surface area contributed by atoms with Gasteiger partial charge in [0.1, 0.15) is 0 Å². The summed E-state index contributed by atoms with van der Waals surface area (Å²) in [6, 6.07) is 20.0. The van der Waals surface area contributed by atoms with Crippen molar-refractivity contribution in [1.82, 2.24) is 0 Å². The first-order valence-electron chi connectivity index (χ1n) is 11.3. The first-order chi connectivity index (χ1) is 16.6. The molecule has 0 aliphatic heterocycles. The molecular weight excluding hydrogens is 544 g/mol. The molecule has 0 saturated carbocycles. The molecule has 0 spiro atoms. The molecular formula is C32H24Br2. The van der Waals surface area contributed by atoms with Crippen LogP contribution in [0.4, 0.5) is 0 Å². The summed E-state index contributed by atoms with van der Waals surface area (Å²) in [5.41, 5.74) is 5.56. The highest BCUT2D eigenvalue weighted by Crippen LogP contribution is 2.25. The number of unbranched alkanes of at least 4 members (excludes halogenated alkanes) is 2. The lowest BCUT2D eigenvalue weighted by Crippen LogP contribution is -1.87. The normalized spacial score (nSPS) is 9.29. The molecule has 0 fully saturated rings. The van der Waals surface area contributed by atoms with E-state index in [0.29, 0.717) is 0 Å². The zero-order valence-corrected chi connectivity index (χ0v) is 22.5. The molecule has 0 aliphatic rings. The van der Waals surface area contributed by atoms with Gasteiger partial charge in [0, 0.05) is 55.2 Å². The topological polar surface area (TPSA) is 0 Å². The van der Waals surface area contributed by atoms with Gasteiger partial charge >= 0.3 is 0 Å². The average Bonchev–Trinajstić information content (AvgIpc) is 2.85. The van der Waals surface area contributed by atoms with Crippen LogP contribution in [0.25, 0.3) is 0 Å². The molecule has 3 rings (SSSR count). The lowest BCUT2D eigenvalue weighted by Gasteiger charge is -2.02. The van der Waals surface area contributed by atoms with Crippen LogP contribution in [0.2, 0.25) is 0 Å². The van der Waals surface area contributed by atoms with Crippen molar-refractivity contribution in [2.45, 2.75) is 39.5 Å². The van der Waals surface area contributed by atoms with E-state index < -0.39 is 0 Å². The molecule has 0 saturated heterocycles. The van der Waals surface area contributed by atoms with Crippen molar-refractivity contribution < 1.29 is 0 Å². The van der Waals surface area contributed by atoms with Crippen LogP contribution < -0.4 is 0 Å². The van der Waals surface area contributed by atoms with Crippen molar-refractivity contribution in [2.24, 2.45) is 0 Å². The van der Waals surface area contributed by atoms with Gasteiger partial charge in [0.25, 0.3) is 0 Å². The van der Waals surface area contributed by atoms with Gasteiger partial charge in [-0.1, -0.05) is 85.5 Å². The van der Waals surface area contributed by atoms with Crippen molar-refractivity contribution in [1.29, 1.82) is 0 Å². The summed E-state index contributed by atoms with van der Waals surface area (Å²) in [6.45, 7) is 4.26. The molecule has 0 amide bonds. The summed E-state index contributed by atoms with van der Waals surface area (Å²) in [5, 5.41) is 0. The SMILES string of the molecule is CCCC#Cc1ccccc1C#Cc1cc(Br)c(C#Cc2ccccc2C#CCCC)cc1Br. The third-order valence-corrected chi connectivity index (χ3v) is 6.08. The number of hydrogen-bond acceptors (Lipinski definition) is 0. The average molecular weight is 568 g/mol. The Morgan fingerprint density at radius 3 is 1.18 bits per heavy atom.